The molecule has 2 rings (SSSR count). The molecule has 2 aliphatic rings. The molecule has 16 heavy (non-hydrogen) atoms. The molecule has 0 radical (unpaired) electrons. The first-order valence-electron chi connectivity index (χ1n) is 6.44. The monoisotopic (exact) mass is 222 g/mol. The van der Waals surface area contributed by atoms with Gasteiger partial charge in [0.25, 0.3) is 0 Å². The number of rotatable bonds is 5. The van der Waals surface area contributed by atoms with Crippen molar-refractivity contribution < 1.29 is 4.79 Å². The van der Waals surface area contributed by atoms with Crippen LogP contribution in [-0.4, -0.2) is 36.5 Å². The number of carbonyl (C=O) groups excluding carboxylic acids is 1. The van der Waals surface area contributed by atoms with Crippen molar-refractivity contribution >= 4 is 5.91 Å². The van der Waals surface area contributed by atoms with Crippen LogP contribution in [0.4, 0.5) is 0 Å². The number of hydrogen-bond acceptors (Lipinski definition) is 2. The molecule has 0 aromatic carbocycles. The van der Waals surface area contributed by atoms with E-state index in [-0.39, 0.29) is 5.91 Å². The van der Waals surface area contributed by atoms with Gasteiger partial charge in [0.1, 0.15) is 0 Å². The summed E-state index contributed by atoms with van der Waals surface area (Å²) in [6.07, 6.45) is 4.70. The standard InChI is InChI=1S/C13H22N2O/c1-3-4-7-15(12-5-6-12)13(16)10(2)11-8-14-9-11/h12,14H,3-9H2,1-2H3. The Balaban J connectivity index is 1.98. The van der Waals surface area contributed by atoms with Crippen LogP contribution in [-0.2, 0) is 4.79 Å². The molecular weight excluding hydrogens is 200 g/mol. The number of unbranched alkanes of at least 4 members (excludes halogenated alkanes) is 1. The second kappa shape index (κ2) is 5.00. The van der Waals surface area contributed by atoms with Gasteiger partial charge in [-0.3, -0.25) is 4.79 Å². The van der Waals surface area contributed by atoms with Crippen molar-refractivity contribution in [2.24, 2.45) is 0 Å². The normalized spacial score (nSPS) is 19.2. The molecule has 3 nitrogen and oxygen atoms in total. The minimum absolute atomic E-state index is 0.285. The average molecular weight is 222 g/mol. The van der Waals surface area contributed by atoms with Crippen LogP contribution >= 0.6 is 0 Å². The first-order valence-corrected chi connectivity index (χ1v) is 6.44. The van der Waals surface area contributed by atoms with Gasteiger partial charge in [-0.2, -0.15) is 0 Å². The second-order valence-electron chi connectivity index (χ2n) is 4.92. The summed E-state index contributed by atoms with van der Waals surface area (Å²) < 4.78 is 0. The van der Waals surface area contributed by atoms with Gasteiger partial charge in [-0.05, 0) is 31.8 Å². The molecular formula is C13H22N2O. The predicted octanol–water partition coefficient (Wildman–Crippen LogP) is 1.70. The van der Waals surface area contributed by atoms with Crippen LogP contribution in [0.2, 0.25) is 0 Å². The van der Waals surface area contributed by atoms with Gasteiger partial charge >= 0.3 is 0 Å². The van der Waals surface area contributed by atoms with Gasteiger partial charge < -0.3 is 10.2 Å². The molecule has 1 aliphatic carbocycles. The molecule has 0 atom stereocenters. The van der Waals surface area contributed by atoms with E-state index in [9.17, 15) is 4.79 Å². The van der Waals surface area contributed by atoms with Gasteiger partial charge in [0, 0.05) is 31.2 Å². The van der Waals surface area contributed by atoms with E-state index in [0.717, 1.165) is 38.0 Å². The van der Waals surface area contributed by atoms with E-state index >= 15 is 0 Å². The van der Waals surface area contributed by atoms with Crippen LogP contribution in [0.15, 0.2) is 11.1 Å². The topological polar surface area (TPSA) is 32.3 Å². The van der Waals surface area contributed by atoms with Gasteiger partial charge in [0.05, 0.1) is 0 Å². The first kappa shape index (κ1) is 11.6. The van der Waals surface area contributed by atoms with Crippen LogP contribution in [0.25, 0.3) is 0 Å². The lowest BCUT2D eigenvalue weighted by Crippen LogP contribution is -2.40. The number of nitrogens with zero attached hydrogens (tertiary/aromatic N) is 1. The minimum Gasteiger partial charge on any atom is -0.336 e. The molecule has 0 unspecified atom stereocenters. The van der Waals surface area contributed by atoms with Crippen molar-refractivity contribution in [1.29, 1.82) is 0 Å². The molecule has 1 amide bonds. The van der Waals surface area contributed by atoms with Crippen molar-refractivity contribution in [3.05, 3.63) is 11.1 Å². The third-order valence-corrected chi connectivity index (χ3v) is 3.53. The molecule has 1 heterocycles. The minimum atomic E-state index is 0.285. The largest absolute Gasteiger partial charge is 0.336 e. The van der Waals surface area contributed by atoms with E-state index < -0.39 is 0 Å². The third-order valence-electron chi connectivity index (χ3n) is 3.53. The van der Waals surface area contributed by atoms with Gasteiger partial charge in [-0.25, -0.2) is 0 Å². The highest BCUT2D eigenvalue weighted by atomic mass is 16.2. The molecule has 1 N–H and O–H groups in total. The lowest BCUT2D eigenvalue weighted by molar-refractivity contribution is -0.127. The quantitative estimate of drug-likeness (QED) is 0.718. The summed E-state index contributed by atoms with van der Waals surface area (Å²) in [5.41, 5.74) is 2.29. The Morgan fingerprint density at radius 1 is 1.44 bits per heavy atom. The highest BCUT2D eigenvalue weighted by Crippen LogP contribution is 2.29. The Morgan fingerprint density at radius 3 is 2.56 bits per heavy atom. The number of amides is 1. The summed E-state index contributed by atoms with van der Waals surface area (Å²) >= 11 is 0. The van der Waals surface area contributed by atoms with Crippen molar-refractivity contribution in [2.45, 2.75) is 45.6 Å². The Kier molecular flexibility index (Phi) is 3.64. The molecule has 0 aromatic rings. The van der Waals surface area contributed by atoms with Crippen LogP contribution in [0.1, 0.15) is 39.5 Å². The first-order chi connectivity index (χ1) is 7.74. The molecule has 0 spiro atoms. The van der Waals surface area contributed by atoms with E-state index in [1.165, 1.54) is 18.4 Å². The highest BCUT2D eigenvalue weighted by Gasteiger charge is 2.33. The fourth-order valence-electron chi connectivity index (χ4n) is 2.05. The molecule has 0 bridgehead atoms. The maximum atomic E-state index is 12.3. The SMILES string of the molecule is CCCCN(C(=O)C(C)=C1CNC1)C1CC1. The molecule has 1 saturated heterocycles. The smallest absolute Gasteiger partial charge is 0.249 e. The zero-order chi connectivity index (χ0) is 11.5. The van der Waals surface area contributed by atoms with Crippen molar-refractivity contribution in [3.63, 3.8) is 0 Å². The zero-order valence-corrected chi connectivity index (χ0v) is 10.4. The summed E-state index contributed by atoms with van der Waals surface area (Å²) in [7, 11) is 0. The van der Waals surface area contributed by atoms with E-state index in [0.29, 0.717) is 6.04 Å². The molecule has 3 heteroatoms. The Bertz CT molecular complexity index is 299. The van der Waals surface area contributed by atoms with Crippen LogP contribution < -0.4 is 5.32 Å². The summed E-state index contributed by atoms with van der Waals surface area (Å²) in [5, 5.41) is 3.20. The van der Waals surface area contributed by atoms with Gasteiger partial charge in [0.2, 0.25) is 5.91 Å². The maximum absolute atomic E-state index is 12.3. The van der Waals surface area contributed by atoms with Crippen molar-refractivity contribution in [2.75, 3.05) is 19.6 Å². The summed E-state index contributed by atoms with van der Waals surface area (Å²) in [5.74, 6) is 0.285. The average Bonchev–Trinajstić information content (AvgIpc) is 2.99. The van der Waals surface area contributed by atoms with Crippen LogP contribution in [0, 0.1) is 0 Å². The van der Waals surface area contributed by atoms with Crippen LogP contribution in [0.5, 0.6) is 0 Å². The predicted molar refractivity (Wildman–Crippen MR) is 65.2 cm³/mol. The Morgan fingerprint density at radius 2 is 2.12 bits per heavy atom. The lowest BCUT2D eigenvalue weighted by Gasteiger charge is -2.27. The second-order valence-corrected chi connectivity index (χ2v) is 4.92. The lowest BCUT2D eigenvalue weighted by atomic mass is 10.0. The van der Waals surface area contributed by atoms with Crippen molar-refractivity contribution in [1.82, 2.24) is 10.2 Å². The zero-order valence-electron chi connectivity index (χ0n) is 10.4. The Labute approximate surface area is 97.9 Å². The van der Waals surface area contributed by atoms with E-state index in [4.69, 9.17) is 0 Å². The van der Waals surface area contributed by atoms with Gasteiger partial charge in [-0.1, -0.05) is 13.3 Å². The van der Waals surface area contributed by atoms with E-state index in [1.54, 1.807) is 0 Å². The number of nitrogens with one attached hydrogen (secondary N) is 1. The van der Waals surface area contributed by atoms with Gasteiger partial charge in [0.15, 0.2) is 0 Å². The summed E-state index contributed by atoms with van der Waals surface area (Å²) in [6.45, 7) is 6.92. The molecule has 0 aromatic heterocycles. The molecule has 90 valence electrons. The Hall–Kier alpha value is -0.830. The number of hydrogen-bond donors (Lipinski definition) is 1. The highest BCUT2D eigenvalue weighted by molar-refractivity contribution is 5.94. The van der Waals surface area contributed by atoms with E-state index in [2.05, 4.69) is 17.1 Å². The van der Waals surface area contributed by atoms with Crippen molar-refractivity contribution in [3.8, 4) is 0 Å². The fourth-order valence-corrected chi connectivity index (χ4v) is 2.05. The fraction of sp³-hybridized carbons (Fsp3) is 0.769. The summed E-state index contributed by atoms with van der Waals surface area (Å²) in [6, 6.07) is 0.544. The summed E-state index contributed by atoms with van der Waals surface area (Å²) in [4.78, 5) is 14.4. The molecule has 1 saturated carbocycles. The van der Waals surface area contributed by atoms with E-state index in [1.807, 2.05) is 6.92 Å². The van der Waals surface area contributed by atoms with Gasteiger partial charge in [-0.15, -0.1) is 0 Å². The number of carbonyl (C=O) groups is 1. The van der Waals surface area contributed by atoms with Crippen LogP contribution in [0.3, 0.4) is 0 Å². The molecule has 1 aliphatic heterocycles. The maximum Gasteiger partial charge on any atom is 0.249 e. The molecule has 2 fully saturated rings. The third kappa shape index (κ3) is 2.46.